The van der Waals surface area contributed by atoms with Crippen LogP contribution in [0.1, 0.15) is 57.4 Å². The Labute approximate surface area is 137 Å². The van der Waals surface area contributed by atoms with Gasteiger partial charge < -0.3 is 4.90 Å². The summed E-state index contributed by atoms with van der Waals surface area (Å²) in [5.74, 6) is 0. The molecule has 1 aliphatic heterocycles. The molecule has 0 N–H and O–H groups in total. The molecule has 0 atom stereocenters. The number of rotatable bonds is 10. The third-order valence-corrected chi connectivity index (χ3v) is 4.79. The standard InChI is InChI=1S/C20H34N2/c1-2-3-4-5-6-7-11-14-21-15-17-22(18-16-21)19-20-12-9-8-10-13-20/h8-10,12-13H,2-7,11,14-19H2,1H3. The van der Waals surface area contributed by atoms with E-state index in [9.17, 15) is 0 Å². The maximum Gasteiger partial charge on any atom is 0.0234 e. The van der Waals surface area contributed by atoms with Gasteiger partial charge in [-0.2, -0.15) is 0 Å². The highest BCUT2D eigenvalue weighted by molar-refractivity contribution is 5.14. The zero-order valence-electron chi connectivity index (χ0n) is 14.5. The Morgan fingerprint density at radius 2 is 1.32 bits per heavy atom. The van der Waals surface area contributed by atoms with Gasteiger partial charge >= 0.3 is 0 Å². The quantitative estimate of drug-likeness (QED) is 0.585. The smallest absolute Gasteiger partial charge is 0.0234 e. The Kier molecular flexibility index (Phi) is 8.59. The fourth-order valence-corrected chi connectivity index (χ4v) is 3.31. The van der Waals surface area contributed by atoms with E-state index in [2.05, 4.69) is 47.1 Å². The maximum atomic E-state index is 2.66. The van der Waals surface area contributed by atoms with E-state index in [0.29, 0.717) is 0 Å². The maximum absolute atomic E-state index is 2.66. The Balaban J connectivity index is 1.50. The van der Waals surface area contributed by atoms with Crippen LogP contribution < -0.4 is 0 Å². The molecule has 2 heteroatoms. The van der Waals surface area contributed by atoms with Crippen LogP contribution in [0.4, 0.5) is 0 Å². The molecule has 1 aliphatic rings. The lowest BCUT2D eigenvalue weighted by atomic mass is 10.1. The van der Waals surface area contributed by atoms with E-state index in [4.69, 9.17) is 0 Å². The van der Waals surface area contributed by atoms with Gasteiger partial charge in [0, 0.05) is 32.7 Å². The summed E-state index contributed by atoms with van der Waals surface area (Å²) < 4.78 is 0. The molecule has 0 saturated carbocycles. The molecule has 0 aliphatic carbocycles. The van der Waals surface area contributed by atoms with Gasteiger partial charge in [0.15, 0.2) is 0 Å². The average Bonchev–Trinajstić information content (AvgIpc) is 2.56. The molecule has 1 aromatic rings. The Morgan fingerprint density at radius 3 is 2.00 bits per heavy atom. The van der Waals surface area contributed by atoms with Gasteiger partial charge in [0.25, 0.3) is 0 Å². The molecule has 1 fully saturated rings. The second-order valence-corrected chi connectivity index (χ2v) is 6.72. The molecule has 0 bridgehead atoms. The Morgan fingerprint density at radius 1 is 0.727 bits per heavy atom. The fourth-order valence-electron chi connectivity index (χ4n) is 3.31. The van der Waals surface area contributed by atoms with E-state index in [-0.39, 0.29) is 0 Å². The Bertz CT molecular complexity index is 369. The van der Waals surface area contributed by atoms with Crippen molar-refractivity contribution >= 4 is 0 Å². The molecule has 2 nitrogen and oxygen atoms in total. The minimum Gasteiger partial charge on any atom is -0.301 e. The highest BCUT2D eigenvalue weighted by Crippen LogP contribution is 2.11. The molecule has 1 saturated heterocycles. The van der Waals surface area contributed by atoms with Crippen molar-refractivity contribution in [1.82, 2.24) is 9.80 Å². The van der Waals surface area contributed by atoms with Crippen molar-refractivity contribution < 1.29 is 0 Å². The van der Waals surface area contributed by atoms with Gasteiger partial charge in [-0.25, -0.2) is 0 Å². The largest absolute Gasteiger partial charge is 0.301 e. The highest BCUT2D eigenvalue weighted by Gasteiger charge is 2.16. The summed E-state index contributed by atoms with van der Waals surface area (Å²) in [4.78, 5) is 5.25. The van der Waals surface area contributed by atoms with Gasteiger partial charge in [-0.05, 0) is 18.5 Å². The molecule has 0 amide bonds. The van der Waals surface area contributed by atoms with E-state index in [1.54, 1.807) is 0 Å². The second kappa shape index (κ2) is 10.8. The molecule has 2 rings (SSSR count). The fraction of sp³-hybridized carbons (Fsp3) is 0.700. The van der Waals surface area contributed by atoms with Crippen LogP contribution in [-0.2, 0) is 6.54 Å². The summed E-state index contributed by atoms with van der Waals surface area (Å²) >= 11 is 0. The van der Waals surface area contributed by atoms with Crippen LogP contribution in [0, 0.1) is 0 Å². The molecule has 1 aromatic carbocycles. The second-order valence-electron chi connectivity index (χ2n) is 6.72. The van der Waals surface area contributed by atoms with Gasteiger partial charge in [0.05, 0.1) is 0 Å². The molecule has 0 spiro atoms. The van der Waals surface area contributed by atoms with Gasteiger partial charge in [0.2, 0.25) is 0 Å². The summed E-state index contributed by atoms with van der Waals surface area (Å²) in [5.41, 5.74) is 1.45. The van der Waals surface area contributed by atoms with Gasteiger partial charge in [0.1, 0.15) is 0 Å². The number of hydrogen-bond acceptors (Lipinski definition) is 2. The van der Waals surface area contributed by atoms with Crippen molar-refractivity contribution in [1.29, 1.82) is 0 Å². The highest BCUT2D eigenvalue weighted by atomic mass is 15.3. The van der Waals surface area contributed by atoms with Crippen molar-refractivity contribution in [3.63, 3.8) is 0 Å². The number of unbranched alkanes of at least 4 members (excludes halogenated alkanes) is 6. The minimum atomic E-state index is 1.12. The molecule has 0 radical (unpaired) electrons. The van der Waals surface area contributed by atoms with Crippen LogP contribution in [0.2, 0.25) is 0 Å². The zero-order chi connectivity index (χ0) is 15.5. The minimum absolute atomic E-state index is 1.12. The summed E-state index contributed by atoms with van der Waals surface area (Å²) in [7, 11) is 0. The first-order valence-corrected chi connectivity index (χ1v) is 9.37. The van der Waals surface area contributed by atoms with Crippen LogP contribution in [0.5, 0.6) is 0 Å². The summed E-state index contributed by atoms with van der Waals surface area (Å²) in [6, 6.07) is 10.9. The van der Waals surface area contributed by atoms with E-state index < -0.39 is 0 Å². The predicted octanol–water partition coefficient (Wildman–Crippen LogP) is 4.55. The lowest BCUT2D eigenvalue weighted by molar-refractivity contribution is 0.125. The molecule has 22 heavy (non-hydrogen) atoms. The van der Waals surface area contributed by atoms with Crippen LogP contribution >= 0.6 is 0 Å². The monoisotopic (exact) mass is 302 g/mol. The number of benzene rings is 1. The molecule has 124 valence electrons. The van der Waals surface area contributed by atoms with Gasteiger partial charge in [-0.15, -0.1) is 0 Å². The van der Waals surface area contributed by atoms with Crippen LogP contribution in [0.25, 0.3) is 0 Å². The SMILES string of the molecule is CCCCCCCCCN1CCN(Cc2ccccc2)CC1. The predicted molar refractivity (Wildman–Crippen MR) is 96.2 cm³/mol. The molecule has 1 heterocycles. The Hall–Kier alpha value is -0.860. The van der Waals surface area contributed by atoms with Gasteiger partial charge in [-0.1, -0.05) is 75.8 Å². The normalized spacial score (nSPS) is 17.0. The first-order valence-electron chi connectivity index (χ1n) is 9.37. The van der Waals surface area contributed by atoms with Gasteiger partial charge in [-0.3, -0.25) is 4.90 Å². The molecular formula is C20H34N2. The van der Waals surface area contributed by atoms with Crippen molar-refractivity contribution in [3.8, 4) is 0 Å². The van der Waals surface area contributed by atoms with E-state index >= 15 is 0 Å². The molecule has 0 aromatic heterocycles. The topological polar surface area (TPSA) is 6.48 Å². The summed E-state index contributed by atoms with van der Waals surface area (Å²) in [5, 5.41) is 0. The van der Waals surface area contributed by atoms with Crippen molar-refractivity contribution in [2.45, 2.75) is 58.4 Å². The van der Waals surface area contributed by atoms with E-state index in [0.717, 1.165) is 6.54 Å². The lowest BCUT2D eigenvalue weighted by Crippen LogP contribution is -2.46. The third kappa shape index (κ3) is 6.93. The number of hydrogen-bond donors (Lipinski definition) is 0. The van der Waals surface area contributed by atoms with Crippen LogP contribution in [0.3, 0.4) is 0 Å². The summed E-state index contributed by atoms with van der Waals surface area (Å²) in [6.45, 7) is 9.68. The van der Waals surface area contributed by atoms with Crippen LogP contribution in [-0.4, -0.2) is 42.5 Å². The summed E-state index contributed by atoms with van der Waals surface area (Å²) in [6.07, 6.45) is 9.91. The van der Waals surface area contributed by atoms with Crippen LogP contribution in [0.15, 0.2) is 30.3 Å². The lowest BCUT2D eigenvalue weighted by Gasteiger charge is -2.34. The number of nitrogens with zero attached hydrogens (tertiary/aromatic N) is 2. The molecule has 0 unspecified atom stereocenters. The van der Waals surface area contributed by atoms with Crippen molar-refractivity contribution in [2.75, 3.05) is 32.7 Å². The van der Waals surface area contributed by atoms with E-state index in [1.807, 2.05) is 0 Å². The first kappa shape index (κ1) is 17.5. The number of piperazine rings is 1. The zero-order valence-corrected chi connectivity index (χ0v) is 14.5. The van der Waals surface area contributed by atoms with Crippen molar-refractivity contribution in [2.24, 2.45) is 0 Å². The van der Waals surface area contributed by atoms with E-state index in [1.165, 1.54) is 83.2 Å². The van der Waals surface area contributed by atoms with Crippen molar-refractivity contribution in [3.05, 3.63) is 35.9 Å². The molecular weight excluding hydrogens is 268 g/mol. The first-order chi connectivity index (χ1) is 10.9. The third-order valence-electron chi connectivity index (χ3n) is 4.79. The average molecular weight is 303 g/mol.